The average molecular weight is 205 g/mol. The molecule has 7 nitrogen and oxygen atoms in total. The molecule has 0 aromatic rings. The molecule has 5 atom stereocenters. The van der Waals surface area contributed by atoms with Crippen LogP contribution in [0.2, 0.25) is 0 Å². The first kappa shape index (κ1) is 11.3. The molecular formula is C7H11NO6. The van der Waals surface area contributed by atoms with Crippen molar-refractivity contribution in [1.29, 1.82) is 5.26 Å². The van der Waals surface area contributed by atoms with E-state index in [1.807, 2.05) is 0 Å². The Morgan fingerprint density at radius 2 is 1.86 bits per heavy atom. The Bertz CT molecular complexity index is 253. The molecule has 0 radical (unpaired) electrons. The zero-order chi connectivity index (χ0) is 10.9. The number of hydrogen-bond acceptors (Lipinski definition) is 7. The van der Waals surface area contributed by atoms with E-state index in [4.69, 9.17) is 15.5 Å². The van der Waals surface area contributed by atoms with Gasteiger partial charge in [-0.25, -0.2) is 0 Å². The van der Waals surface area contributed by atoms with Crippen LogP contribution in [0.25, 0.3) is 0 Å². The Balaban J connectivity index is 2.96. The van der Waals surface area contributed by atoms with Crippen LogP contribution in [0.4, 0.5) is 0 Å². The lowest BCUT2D eigenvalue weighted by Gasteiger charge is -2.42. The second kappa shape index (κ2) is 3.78. The van der Waals surface area contributed by atoms with Crippen molar-refractivity contribution < 1.29 is 30.3 Å². The van der Waals surface area contributed by atoms with Crippen LogP contribution >= 0.6 is 0 Å². The van der Waals surface area contributed by atoms with E-state index in [-0.39, 0.29) is 0 Å². The molecule has 1 fully saturated rings. The van der Waals surface area contributed by atoms with Gasteiger partial charge in [0.25, 0.3) is 0 Å². The minimum absolute atomic E-state index is 0.686. The molecule has 1 aliphatic heterocycles. The molecule has 0 aliphatic carbocycles. The van der Waals surface area contributed by atoms with Crippen LogP contribution in [-0.2, 0) is 4.74 Å². The van der Waals surface area contributed by atoms with Crippen LogP contribution in [-0.4, -0.2) is 62.3 Å². The molecule has 5 N–H and O–H groups in total. The summed E-state index contributed by atoms with van der Waals surface area (Å²) in [4.78, 5) is 0. The van der Waals surface area contributed by atoms with Crippen molar-refractivity contribution in [3.63, 3.8) is 0 Å². The first-order valence-electron chi connectivity index (χ1n) is 3.91. The molecule has 1 aliphatic rings. The molecule has 1 rings (SSSR count). The van der Waals surface area contributed by atoms with E-state index in [9.17, 15) is 15.3 Å². The van der Waals surface area contributed by atoms with Gasteiger partial charge in [-0.3, -0.25) is 0 Å². The smallest absolute Gasteiger partial charge is 0.210 e. The van der Waals surface area contributed by atoms with Crippen LogP contribution < -0.4 is 0 Å². The van der Waals surface area contributed by atoms with Crippen molar-refractivity contribution in [2.24, 2.45) is 0 Å². The fraction of sp³-hybridized carbons (Fsp3) is 0.857. The second-order valence-electron chi connectivity index (χ2n) is 3.07. The summed E-state index contributed by atoms with van der Waals surface area (Å²) in [7, 11) is 0. The van der Waals surface area contributed by atoms with E-state index < -0.39 is 36.8 Å². The summed E-state index contributed by atoms with van der Waals surface area (Å²) < 4.78 is 4.55. The maximum atomic E-state index is 9.48. The SMILES string of the molecule is N#C[C@]1(O)[C@H](O)[C@@H](CO)O[C@@H](O)[C@@H]1O. The van der Waals surface area contributed by atoms with Gasteiger partial charge in [0.1, 0.15) is 24.4 Å². The first-order chi connectivity index (χ1) is 6.47. The minimum atomic E-state index is -2.54. The van der Waals surface area contributed by atoms with Gasteiger partial charge in [0.15, 0.2) is 6.29 Å². The second-order valence-corrected chi connectivity index (χ2v) is 3.07. The minimum Gasteiger partial charge on any atom is -0.394 e. The molecule has 0 aromatic heterocycles. The topological polar surface area (TPSA) is 134 Å². The van der Waals surface area contributed by atoms with Gasteiger partial charge in [-0.15, -0.1) is 0 Å². The molecule has 0 aromatic carbocycles. The third-order valence-corrected chi connectivity index (χ3v) is 2.20. The van der Waals surface area contributed by atoms with E-state index in [1.165, 1.54) is 6.07 Å². The zero-order valence-electron chi connectivity index (χ0n) is 7.11. The molecule has 80 valence electrons. The fourth-order valence-electron chi connectivity index (χ4n) is 1.28. The summed E-state index contributed by atoms with van der Waals surface area (Å²) in [6, 6.07) is 1.28. The van der Waals surface area contributed by atoms with Crippen molar-refractivity contribution in [2.75, 3.05) is 6.61 Å². The van der Waals surface area contributed by atoms with E-state index >= 15 is 0 Å². The Kier molecular flexibility index (Phi) is 3.06. The summed E-state index contributed by atoms with van der Waals surface area (Å²) in [6.07, 6.45) is -6.85. The summed E-state index contributed by atoms with van der Waals surface area (Å²) in [6.45, 7) is -0.686. The van der Waals surface area contributed by atoms with Crippen LogP contribution in [0.15, 0.2) is 0 Å². The predicted molar refractivity (Wildman–Crippen MR) is 40.5 cm³/mol. The lowest BCUT2D eigenvalue weighted by Crippen LogP contribution is -2.66. The van der Waals surface area contributed by atoms with Crippen molar-refractivity contribution in [2.45, 2.75) is 30.2 Å². The van der Waals surface area contributed by atoms with Gasteiger partial charge in [-0.05, 0) is 0 Å². The molecule has 0 spiro atoms. The van der Waals surface area contributed by atoms with Crippen LogP contribution in [0, 0.1) is 11.3 Å². The van der Waals surface area contributed by atoms with E-state index in [2.05, 4.69) is 4.74 Å². The highest BCUT2D eigenvalue weighted by Crippen LogP contribution is 2.28. The molecule has 1 saturated heterocycles. The highest BCUT2D eigenvalue weighted by atomic mass is 16.6. The third kappa shape index (κ3) is 1.48. The molecular weight excluding hydrogens is 194 g/mol. The molecule has 7 heteroatoms. The third-order valence-electron chi connectivity index (χ3n) is 2.20. The van der Waals surface area contributed by atoms with Gasteiger partial charge >= 0.3 is 0 Å². The highest BCUT2D eigenvalue weighted by Gasteiger charge is 2.55. The Labute approximate surface area is 79.4 Å². The molecule has 0 amide bonds. The van der Waals surface area contributed by atoms with Crippen LogP contribution in [0.3, 0.4) is 0 Å². The van der Waals surface area contributed by atoms with Crippen molar-refractivity contribution in [3.8, 4) is 6.07 Å². The molecule has 14 heavy (non-hydrogen) atoms. The van der Waals surface area contributed by atoms with Crippen molar-refractivity contribution in [3.05, 3.63) is 0 Å². The summed E-state index contributed by atoms with van der Waals surface area (Å²) in [5, 5.41) is 54.3. The zero-order valence-corrected chi connectivity index (χ0v) is 7.11. The normalized spacial score (nSPS) is 48.6. The maximum absolute atomic E-state index is 9.48. The molecule has 0 bridgehead atoms. The summed E-state index contributed by atoms with van der Waals surface area (Å²) in [5.41, 5.74) is -2.54. The summed E-state index contributed by atoms with van der Waals surface area (Å²) in [5.74, 6) is 0. The number of aliphatic hydroxyl groups is 5. The Morgan fingerprint density at radius 1 is 1.29 bits per heavy atom. The van der Waals surface area contributed by atoms with Gasteiger partial charge < -0.3 is 30.3 Å². The predicted octanol–water partition coefficient (Wildman–Crippen LogP) is -3.33. The van der Waals surface area contributed by atoms with Crippen molar-refractivity contribution in [1.82, 2.24) is 0 Å². The quantitative estimate of drug-likeness (QED) is 0.283. The van der Waals surface area contributed by atoms with Crippen molar-refractivity contribution >= 4 is 0 Å². The van der Waals surface area contributed by atoms with Crippen LogP contribution in [0.1, 0.15) is 0 Å². The van der Waals surface area contributed by atoms with Gasteiger partial charge in [-0.2, -0.15) is 5.26 Å². The molecule has 0 saturated carbocycles. The number of ether oxygens (including phenoxy) is 1. The van der Waals surface area contributed by atoms with E-state index in [1.54, 1.807) is 0 Å². The lowest BCUT2D eigenvalue weighted by atomic mass is 9.85. The Morgan fingerprint density at radius 3 is 2.29 bits per heavy atom. The number of nitriles is 1. The molecule has 0 unspecified atom stereocenters. The van der Waals surface area contributed by atoms with Crippen LogP contribution in [0.5, 0.6) is 0 Å². The monoisotopic (exact) mass is 205 g/mol. The van der Waals surface area contributed by atoms with E-state index in [0.29, 0.717) is 0 Å². The number of aliphatic hydroxyl groups excluding tert-OH is 4. The highest BCUT2D eigenvalue weighted by molar-refractivity contribution is 5.14. The number of rotatable bonds is 1. The molecule has 1 heterocycles. The van der Waals surface area contributed by atoms with Gasteiger partial charge in [0.2, 0.25) is 5.60 Å². The average Bonchev–Trinajstić information content (AvgIpc) is 2.20. The van der Waals surface area contributed by atoms with Gasteiger partial charge in [0.05, 0.1) is 6.61 Å². The lowest BCUT2D eigenvalue weighted by molar-refractivity contribution is -0.306. The largest absolute Gasteiger partial charge is 0.394 e. The first-order valence-corrected chi connectivity index (χ1v) is 3.91. The maximum Gasteiger partial charge on any atom is 0.210 e. The van der Waals surface area contributed by atoms with Gasteiger partial charge in [-0.1, -0.05) is 0 Å². The number of hydrogen-bond donors (Lipinski definition) is 5. The Hall–Kier alpha value is -0.750. The van der Waals surface area contributed by atoms with Gasteiger partial charge in [0, 0.05) is 0 Å². The summed E-state index contributed by atoms with van der Waals surface area (Å²) >= 11 is 0. The standard InChI is InChI=1S/C7H11NO6/c8-2-7(13)4(10)3(1-9)14-6(12)5(7)11/h3-6,9-13H,1H2/t3-,4-,5+,6-,7+/m1/s1. The number of nitrogens with zero attached hydrogens (tertiary/aromatic N) is 1. The fourth-order valence-corrected chi connectivity index (χ4v) is 1.28. The van der Waals surface area contributed by atoms with E-state index in [0.717, 1.165) is 0 Å².